The van der Waals surface area contributed by atoms with Gasteiger partial charge >= 0.3 is 5.97 Å². The number of nitrogens with zero attached hydrogens (tertiary/aromatic N) is 3. The summed E-state index contributed by atoms with van der Waals surface area (Å²) in [6.45, 7) is 10.8. The molecule has 5 rings (SSSR count). The minimum atomic E-state index is -0.930. The van der Waals surface area contributed by atoms with Crippen LogP contribution in [0.1, 0.15) is 40.0 Å². The highest BCUT2D eigenvalue weighted by Crippen LogP contribution is 2.65. The Morgan fingerprint density at radius 1 is 1.03 bits per heavy atom. The van der Waals surface area contributed by atoms with Gasteiger partial charge in [-0.3, -0.25) is 19.3 Å². The summed E-state index contributed by atoms with van der Waals surface area (Å²) in [6.07, 6.45) is 10.8. The minimum Gasteiger partial charge on any atom is -0.465 e. The van der Waals surface area contributed by atoms with Gasteiger partial charge in [0.15, 0.2) is 0 Å². The fraction of sp³-hybridized carbons (Fsp3) is 0.759. The predicted molar refractivity (Wildman–Crippen MR) is 149 cm³/mol. The average Bonchev–Trinajstić information content (AvgIpc) is 3.24. The highest BCUT2D eigenvalue weighted by molar-refractivity contribution is 8.02. The van der Waals surface area contributed by atoms with Crippen molar-refractivity contribution in [3.05, 3.63) is 24.3 Å². The molecule has 1 N–H and O–H groups in total. The van der Waals surface area contributed by atoms with Crippen molar-refractivity contribution in [2.45, 2.75) is 61.6 Å². The number of carbonyl (C=O) groups excluding carboxylic acids is 3. The largest absolute Gasteiger partial charge is 0.465 e. The molecule has 0 bridgehead atoms. The molecule has 39 heavy (non-hydrogen) atoms. The van der Waals surface area contributed by atoms with Crippen LogP contribution in [0.15, 0.2) is 24.3 Å². The Labute approximate surface area is 235 Å². The van der Waals surface area contributed by atoms with Gasteiger partial charge in [0.2, 0.25) is 11.8 Å². The second-order valence-electron chi connectivity index (χ2n) is 11.9. The highest BCUT2D eigenvalue weighted by atomic mass is 32.2. The number of aliphatic hydroxyl groups excluding tert-OH is 1. The molecule has 3 saturated heterocycles. The van der Waals surface area contributed by atoms with Crippen molar-refractivity contribution < 1.29 is 29.0 Å². The number of thioether (sulfide) groups is 1. The van der Waals surface area contributed by atoms with Crippen molar-refractivity contribution in [1.29, 1.82) is 0 Å². The molecule has 5 aliphatic heterocycles. The summed E-state index contributed by atoms with van der Waals surface area (Å²) in [5, 5.41) is 10.4. The first kappa shape index (κ1) is 28.6. The Morgan fingerprint density at radius 2 is 1.79 bits per heavy atom. The molecule has 0 radical (unpaired) electrons. The van der Waals surface area contributed by atoms with Crippen LogP contribution in [-0.2, 0) is 23.9 Å². The lowest BCUT2D eigenvalue weighted by atomic mass is 9.74. The fourth-order valence-electron chi connectivity index (χ4n) is 7.05. The summed E-state index contributed by atoms with van der Waals surface area (Å²) in [5.41, 5.74) is 0. The van der Waals surface area contributed by atoms with Crippen molar-refractivity contribution in [3.63, 3.8) is 0 Å². The molecule has 5 aliphatic rings. The number of hydrogen-bond donors (Lipinski definition) is 1. The quantitative estimate of drug-likeness (QED) is 0.387. The van der Waals surface area contributed by atoms with Gasteiger partial charge in [-0.15, -0.1) is 11.8 Å². The number of likely N-dealkylation sites (tertiary alicyclic amines) is 1. The molecule has 5 heterocycles. The molecule has 6 atom stereocenters. The van der Waals surface area contributed by atoms with E-state index in [0.29, 0.717) is 32.9 Å². The number of amides is 2. The molecule has 216 valence electrons. The summed E-state index contributed by atoms with van der Waals surface area (Å²) < 4.78 is 9.59. The van der Waals surface area contributed by atoms with Crippen LogP contribution >= 0.6 is 11.8 Å². The van der Waals surface area contributed by atoms with E-state index in [9.17, 15) is 19.5 Å². The van der Waals surface area contributed by atoms with Gasteiger partial charge in [0, 0.05) is 37.5 Å². The molecular weight excluding hydrogens is 518 g/mol. The summed E-state index contributed by atoms with van der Waals surface area (Å²) in [4.78, 5) is 48.4. The van der Waals surface area contributed by atoms with Crippen LogP contribution in [0.2, 0.25) is 0 Å². The van der Waals surface area contributed by atoms with E-state index < -0.39 is 33.4 Å². The zero-order chi connectivity index (χ0) is 27.8. The topological polar surface area (TPSA) is 99.6 Å². The van der Waals surface area contributed by atoms with E-state index in [2.05, 4.69) is 17.1 Å². The zero-order valence-electron chi connectivity index (χ0n) is 23.4. The normalized spacial score (nSPS) is 37.3. The smallest absolute Gasteiger partial charge is 0.311 e. The van der Waals surface area contributed by atoms with Crippen molar-refractivity contribution in [1.82, 2.24) is 14.7 Å². The van der Waals surface area contributed by atoms with Crippen LogP contribution in [-0.4, -0.2) is 118 Å². The van der Waals surface area contributed by atoms with Gasteiger partial charge in [0.25, 0.3) is 0 Å². The van der Waals surface area contributed by atoms with E-state index in [1.54, 1.807) is 16.7 Å². The summed E-state index contributed by atoms with van der Waals surface area (Å²) in [6, 6.07) is -1.34. The lowest BCUT2D eigenvalue weighted by molar-refractivity contribution is -0.155. The molecule has 2 amide bonds. The van der Waals surface area contributed by atoms with Gasteiger partial charge in [0.05, 0.1) is 49.1 Å². The van der Waals surface area contributed by atoms with Gasteiger partial charge in [-0.1, -0.05) is 38.2 Å². The van der Waals surface area contributed by atoms with Gasteiger partial charge in [-0.25, -0.2) is 0 Å². The third-order valence-electron chi connectivity index (χ3n) is 9.13. The number of fused-ring (bicyclic) bond motifs is 2. The lowest BCUT2D eigenvalue weighted by Crippen LogP contribution is -2.58. The van der Waals surface area contributed by atoms with Gasteiger partial charge in [-0.05, 0) is 32.1 Å². The third kappa shape index (κ3) is 5.06. The number of carbonyl (C=O) groups is 3. The molecule has 0 saturated carbocycles. The second-order valence-corrected chi connectivity index (χ2v) is 13.7. The summed E-state index contributed by atoms with van der Waals surface area (Å²) in [7, 11) is 0. The van der Waals surface area contributed by atoms with Crippen LogP contribution < -0.4 is 0 Å². The molecule has 0 aromatic rings. The molecule has 0 aliphatic carbocycles. The van der Waals surface area contributed by atoms with Crippen molar-refractivity contribution in [2.75, 3.05) is 59.2 Å². The standard InChI is InChI=1S/C29H43N3O6S/c1-20(2)21(19-33)32-24-26(35)31(13-12-30-14-17-37-18-15-30)11-8-10-29(24)22(25(32)34)23-27(36)38-16-7-5-4-6-9-28(23,3)39-29/h6,8-10,20-24,33H,4-5,7,11-19H2,1-3H3/b9-6-/t21-,22-,23-,24?,28+,29-/m0/s1. The maximum atomic E-state index is 14.5. The minimum absolute atomic E-state index is 0.0658. The number of esters is 1. The van der Waals surface area contributed by atoms with Crippen molar-refractivity contribution in [3.8, 4) is 0 Å². The number of rotatable bonds is 6. The Kier molecular flexibility index (Phi) is 8.48. The maximum absolute atomic E-state index is 14.5. The van der Waals surface area contributed by atoms with E-state index in [-0.39, 0.29) is 30.3 Å². The third-order valence-corrected chi connectivity index (χ3v) is 10.9. The van der Waals surface area contributed by atoms with E-state index in [0.717, 1.165) is 38.9 Å². The van der Waals surface area contributed by atoms with E-state index in [1.807, 2.05) is 37.8 Å². The molecule has 10 heteroatoms. The predicted octanol–water partition coefficient (Wildman–Crippen LogP) is 1.70. The molecule has 0 aromatic heterocycles. The van der Waals surface area contributed by atoms with Crippen LogP contribution in [0.4, 0.5) is 0 Å². The molecular formula is C29H43N3O6S. The number of cyclic esters (lactones) is 1. The Bertz CT molecular complexity index is 1010. The Hall–Kier alpha value is -1.88. The molecule has 9 nitrogen and oxygen atoms in total. The van der Waals surface area contributed by atoms with Gasteiger partial charge in [0.1, 0.15) is 6.04 Å². The average molecular weight is 562 g/mol. The fourth-order valence-corrected chi connectivity index (χ4v) is 9.19. The van der Waals surface area contributed by atoms with Gasteiger partial charge < -0.3 is 24.4 Å². The van der Waals surface area contributed by atoms with E-state index in [4.69, 9.17) is 9.47 Å². The van der Waals surface area contributed by atoms with Crippen molar-refractivity contribution >= 4 is 29.5 Å². The monoisotopic (exact) mass is 561 g/mol. The number of aliphatic hydroxyl groups is 1. The molecule has 3 fully saturated rings. The maximum Gasteiger partial charge on any atom is 0.311 e. The van der Waals surface area contributed by atoms with Crippen molar-refractivity contribution in [2.24, 2.45) is 17.8 Å². The Morgan fingerprint density at radius 3 is 2.51 bits per heavy atom. The zero-order valence-corrected chi connectivity index (χ0v) is 24.2. The van der Waals surface area contributed by atoms with Gasteiger partial charge in [-0.2, -0.15) is 0 Å². The van der Waals surface area contributed by atoms with Crippen LogP contribution in [0, 0.1) is 17.8 Å². The van der Waals surface area contributed by atoms with Crippen LogP contribution in [0.5, 0.6) is 0 Å². The van der Waals surface area contributed by atoms with Crippen LogP contribution in [0.25, 0.3) is 0 Å². The first-order chi connectivity index (χ1) is 18.7. The SMILES string of the molecule is CC(C)[C@H](CO)N1C(=O)[C@@H]2[C@H]3C(=O)OCCCC/C=C\[C@@]3(C)S[C@@]23C=CCN(CCN2CCOCC2)C(=O)C13. The number of hydrogen-bond acceptors (Lipinski definition) is 8. The highest BCUT2D eigenvalue weighted by Gasteiger charge is 2.74. The molecule has 1 unspecified atom stereocenters. The summed E-state index contributed by atoms with van der Waals surface area (Å²) in [5.74, 6) is -2.25. The number of allylic oxidation sites excluding steroid dienone is 1. The molecule has 1 spiro atoms. The van der Waals surface area contributed by atoms with Crippen LogP contribution in [0.3, 0.4) is 0 Å². The first-order valence-electron chi connectivity index (χ1n) is 14.5. The second kappa shape index (κ2) is 11.5. The first-order valence-corrected chi connectivity index (χ1v) is 15.3. The van der Waals surface area contributed by atoms with E-state index in [1.165, 1.54) is 0 Å². The summed E-state index contributed by atoms with van der Waals surface area (Å²) >= 11 is 1.56. The lowest BCUT2D eigenvalue weighted by Gasteiger charge is -2.41. The number of ether oxygens (including phenoxy) is 2. The van der Waals surface area contributed by atoms with E-state index >= 15 is 0 Å². The Balaban J connectivity index is 1.55. The number of morpholine rings is 1. The molecule has 0 aromatic carbocycles.